The highest BCUT2D eigenvalue weighted by Gasteiger charge is 2.16. The highest BCUT2D eigenvalue weighted by Crippen LogP contribution is 2.29. The molecule has 0 N–H and O–H groups in total. The lowest BCUT2D eigenvalue weighted by atomic mass is 9.97. The van der Waals surface area contributed by atoms with E-state index in [0.717, 1.165) is 0 Å². The lowest BCUT2D eigenvalue weighted by Crippen LogP contribution is -1.97. The standard InChI is InChI=1S/C10H9ClN2O2/c1-2-7(6-12)9-5-8(13(14)15)3-4-10(9)11/h3-5,7H,2H2,1H3. The monoisotopic (exact) mass is 224 g/mol. The lowest BCUT2D eigenvalue weighted by molar-refractivity contribution is -0.384. The second kappa shape index (κ2) is 4.76. The largest absolute Gasteiger partial charge is 0.269 e. The Morgan fingerprint density at radius 3 is 2.80 bits per heavy atom. The first-order valence-corrected chi connectivity index (χ1v) is 4.81. The number of nitrogens with zero attached hydrogens (tertiary/aromatic N) is 2. The van der Waals surface area contributed by atoms with Crippen LogP contribution < -0.4 is 0 Å². The van der Waals surface area contributed by atoms with Crippen LogP contribution >= 0.6 is 11.6 Å². The Labute approximate surface area is 92.2 Å². The van der Waals surface area contributed by atoms with Gasteiger partial charge in [-0.15, -0.1) is 0 Å². The third-order valence-electron chi connectivity index (χ3n) is 2.13. The van der Waals surface area contributed by atoms with Gasteiger partial charge in [0.25, 0.3) is 5.69 Å². The Hall–Kier alpha value is -1.60. The molecule has 0 fully saturated rings. The average Bonchev–Trinajstić information content (AvgIpc) is 2.22. The van der Waals surface area contributed by atoms with E-state index in [2.05, 4.69) is 6.07 Å². The maximum Gasteiger partial charge on any atom is 0.269 e. The van der Waals surface area contributed by atoms with Crippen molar-refractivity contribution in [3.05, 3.63) is 38.9 Å². The fraction of sp³-hybridized carbons (Fsp3) is 0.300. The number of rotatable bonds is 3. The predicted octanol–water partition coefficient (Wildman–Crippen LogP) is 3.27. The molecular weight excluding hydrogens is 216 g/mol. The third-order valence-corrected chi connectivity index (χ3v) is 2.47. The summed E-state index contributed by atoms with van der Waals surface area (Å²) in [6.45, 7) is 1.84. The molecule has 1 atom stereocenters. The summed E-state index contributed by atoms with van der Waals surface area (Å²) in [6.07, 6.45) is 0.581. The maximum absolute atomic E-state index is 10.5. The Bertz CT molecular complexity index is 426. The van der Waals surface area contributed by atoms with Gasteiger partial charge in [-0.1, -0.05) is 18.5 Å². The highest BCUT2D eigenvalue weighted by molar-refractivity contribution is 6.31. The molecule has 0 saturated carbocycles. The van der Waals surface area contributed by atoms with Crippen molar-refractivity contribution in [1.82, 2.24) is 0 Å². The van der Waals surface area contributed by atoms with Crippen molar-refractivity contribution < 1.29 is 4.92 Å². The van der Waals surface area contributed by atoms with Gasteiger partial charge in [-0.05, 0) is 18.1 Å². The fourth-order valence-corrected chi connectivity index (χ4v) is 1.54. The van der Waals surface area contributed by atoms with Crippen LogP contribution in [-0.4, -0.2) is 4.92 Å². The molecule has 0 amide bonds. The van der Waals surface area contributed by atoms with Crippen molar-refractivity contribution in [2.24, 2.45) is 0 Å². The maximum atomic E-state index is 10.5. The first kappa shape index (κ1) is 11.5. The minimum Gasteiger partial charge on any atom is -0.258 e. The molecule has 1 aromatic carbocycles. The smallest absolute Gasteiger partial charge is 0.258 e. The SMILES string of the molecule is CCC(C#N)c1cc([N+](=O)[O-])ccc1Cl. The zero-order chi connectivity index (χ0) is 11.4. The van der Waals surface area contributed by atoms with Crippen LogP contribution in [0.5, 0.6) is 0 Å². The number of hydrogen-bond donors (Lipinski definition) is 0. The van der Waals surface area contributed by atoms with E-state index < -0.39 is 10.8 Å². The average molecular weight is 225 g/mol. The molecule has 5 heteroatoms. The summed E-state index contributed by atoms with van der Waals surface area (Å²) in [7, 11) is 0. The molecule has 0 bridgehead atoms. The van der Waals surface area contributed by atoms with Crippen LogP contribution in [0.1, 0.15) is 24.8 Å². The van der Waals surface area contributed by atoms with Gasteiger partial charge >= 0.3 is 0 Å². The van der Waals surface area contributed by atoms with Gasteiger partial charge in [-0.3, -0.25) is 10.1 Å². The molecule has 15 heavy (non-hydrogen) atoms. The van der Waals surface area contributed by atoms with Gasteiger partial charge in [-0.2, -0.15) is 5.26 Å². The minimum absolute atomic E-state index is 0.0388. The molecule has 78 valence electrons. The van der Waals surface area contributed by atoms with Gasteiger partial charge in [0, 0.05) is 17.2 Å². The lowest BCUT2D eigenvalue weighted by Gasteiger charge is -2.07. The van der Waals surface area contributed by atoms with E-state index in [9.17, 15) is 10.1 Å². The molecule has 0 aliphatic heterocycles. The number of benzene rings is 1. The molecule has 0 aliphatic carbocycles. The van der Waals surface area contributed by atoms with Gasteiger partial charge in [0.15, 0.2) is 0 Å². The normalized spacial score (nSPS) is 11.8. The number of non-ortho nitro benzene ring substituents is 1. The topological polar surface area (TPSA) is 66.9 Å². The summed E-state index contributed by atoms with van der Waals surface area (Å²) < 4.78 is 0. The Kier molecular flexibility index (Phi) is 3.64. The molecule has 4 nitrogen and oxygen atoms in total. The second-order valence-corrected chi connectivity index (χ2v) is 3.46. The summed E-state index contributed by atoms with van der Waals surface area (Å²) in [6, 6.07) is 6.21. The number of hydrogen-bond acceptors (Lipinski definition) is 3. The van der Waals surface area contributed by atoms with Crippen molar-refractivity contribution >= 4 is 17.3 Å². The summed E-state index contributed by atoms with van der Waals surface area (Å²) >= 11 is 5.88. The van der Waals surface area contributed by atoms with Crippen molar-refractivity contribution in [3.8, 4) is 6.07 Å². The Morgan fingerprint density at radius 2 is 2.33 bits per heavy atom. The van der Waals surface area contributed by atoms with Crippen molar-refractivity contribution in [1.29, 1.82) is 5.26 Å². The van der Waals surface area contributed by atoms with Gasteiger partial charge in [-0.25, -0.2) is 0 Å². The third kappa shape index (κ3) is 2.45. The summed E-state index contributed by atoms with van der Waals surface area (Å²) in [5.41, 5.74) is 0.485. The van der Waals surface area contributed by atoms with Gasteiger partial charge in [0.05, 0.1) is 16.9 Å². The van der Waals surface area contributed by atoms with E-state index in [1.54, 1.807) is 0 Å². The van der Waals surface area contributed by atoms with E-state index in [1.807, 2.05) is 6.92 Å². The zero-order valence-corrected chi connectivity index (χ0v) is 8.86. The summed E-state index contributed by atoms with van der Waals surface area (Å²) in [5, 5.41) is 19.8. The van der Waals surface area contributed by atoms with Crippen LogP contribution in [0, 0.1) is 21.4 Å². The van der Waals surface area contributed by atoms with E-state index >= 15 is 0 Å². The number of halogens is 1. The van der Waals surface area contributed by atoms with Gasteiger partial charge in [0.2, 0.25) is 0 Å². The quantitative estimate of drug-likeness (QED) is 0.585. The second-order valence-electron chi connectivity index (χ2n) is 3.05. The molecule has 0 saturated heterocycles. The Balaban J connectivity index is 3.22. The van der Waals surface area contributed by atoms with Crippen LogP contribution in [0.4, 0.5) is 5.69 Å². The van der Waals surface area contributed by atoms with Crippen LogP contribution in [0.25, 0.3) is 0 Å². The molecule has 0 aliphatic rings. The first-order chi connectivity index (χ1) is 7.10. The first-order valence-electron chi connectivity index (χ1n) is 4.43. The van der Waals surface area contributed by atoms with Crippen LogP contribution in [-0.2, 0) is 0 Å². The zero-order valence-electron chi connectivity index (χ0n) is 8.11. The Morgan fingerprint density at radius 1 is 1.67 bits per heavy atom. The van der Waals surface area contributed by atoms with Crippen molar-refractivity contribution in [3.63, 3.8) is 0 Å². The van der Waals surface area contributed by atoms with Crippen LogP contribution in [0.3, 0.4) is 0 Å². The molecule has 0 radical (unpaired) electrons. The van der Waals surface area contributed by atoms with Gasteiger partial charge in [0.1, 0.15) is 0 Å². The molecule has 0 heterocycles. The van der Waals surface area contributed by atoms with Gasteiger partial charge < -0.3 is 0 Å². The number of nitro benzene ring substituents is 1. The van der Waals surface area contributed by atoms with Crippen LogP contribution in [0.15, 0.2) is 18.2 Å². The molecule has 0 aromatic heterocycles. The molecule has 1 aromatic rings. The minimum atomic E-state index is -0.496. The molecule has 1 rings (SSSR count). The van der Waals surface area contributed by atoms with E-state index in [-0.39, 0.29) is 5.69 Å². The highest BCUT2D eigenvalue weighted by atomic mass is 35.5. The van der Waals surface area contributed by atoms with E-state index in [1.165, 1.54) is 18.2 Å². The number of nitriles is 1. The van der Waals surface area contributed by atoms with E-state index in [4.69, 9.17) is 16.9 Å². The van der Waals surface area contributed by atoms with Crippen molar-refractivity contribution in [2.75, 3.05) is 0 Å². The fourth-order valence-electron chi connectivity index (χ4n) is 1.29. The van der Waals surface area contributed by atoms with E-state index in [0.29, 0.717) is 17.0 Å². The molecule has 0 spiro atoms. The predicted molar refractivity (Wildman–Crippen MR) is 56.8 cm³/mol. The van der Waals surface area contributed by atoms with Crippen LogP contribution in [0.2, 0.25) is 5.02 Å². The number of nitro groups is 1. The summed E-state index contributed by atoms with van der Waals surface area (Å²) in [4.78, 5) is 10.0. The summed E-state index contributed by atoms with van der Waals surface area (Å²) in [5.74, 6) is -0.391. The van der Waals surface area contributed by atoms with Crippen molar-refractivity contribution in [2.45, 2.75) is 19.3 Å². The molecule has 1 unspecified atom stereocenters. The molecular formula is C10H9ClN2O2.